The summed E-state index contributed by atoms with van der Waals surface area (Å²) in [7, 11) is 0. The van der Waals surface area contributed by atoms with Crippen molar-refractivity contribution >= 4 is 88.7 Å². The molecule has 298 valence electrons. The first-order valence-corrected chi connectivity index (χ1v) is 21.7. The lowest BCUT2D eigenvalue weighted by molar-refractivity contribution is 0.461. The first kappa shape index (κ1) is 35.6. The van der Waals surface area contributed by atoms with Crippen LogP contribution in [0.25, 0.3) is 76.9 Å². The minimum atomic E-state index is -0.0477. The van der Waals surface area contributed by atoms with Crippen molar-refractivity contribution in [3.8, 4) is 34.4 Å². The van der Waals surface area contributed by atoms with E-state index in [1.165, 1.54) is 16.5 Å². The van der Waals surface area contributed by atoms with E-state index in [1.54, 1.807) is 0 Å². The van der Waals surface area contributed by atoms with E-state index in [4.69, 9.17) is 13.9 Å². The summed E-state index contributed by atoms with van der Waals surface area (Å²) < 4.78 is 26.2. The molecule has 6 heteroatoms. The second-order valence-electron chi connectivity index (χ2n) is 19.3. The van der Waals surface area contributed by atoms with Crippen molar-refractivity contribution in [2.45, 2.75) is 52.4 Å². The molecular weight excluding hydrogens is 759 g/mol. The Hall–Kier alpha value is -7.18. The van der Waals surface area contributed by atoms with E-state index in [-0.39, 0.29) is 17.5 Å². The molecule has 5 nitrogen and oxygen atoms in total. The van der Waals surface area contributed by atoms with Gasteiger partial charge in [0.1, 0.15) is 34.2 Å². The van der Waals surface area contributed by atoms with E-state index in [9.17, 15) is 0 Å². The van der Waals surface area contributed by atoms with Crippen LogP contribution in [0.3, 0.4) is 0 Å². The van der Waals surface area contributed by atoms with Crippen LogP contribution in [0.2, 0.25) is 0 Å². The molecule has 0 spiro atoms. The average Bonchev–Trinajstić information content (AvgIpc) is 3.93. The molecule has 8 aromatic carbocycles. The molecule has 11 aromatic rings. The number of furan rings is 1. The van der Waals surface area contributed by atoms with Crippen LogP contribution >= 0.6 is 0 Å². The molecule has 0 fully saturated rings. The summed E-state index contributed by atoms with van der Waals surface area (Å²) >= 11 is 0. The van der Waals surface area contributed by atoms with Crippen LogP contribution in [0.4, 0.5) is 0 Å². The Balaban J connectivity index is 1.19. The topological polar surface area (TPSA) is 41.5 Å². The molecule has 13 rings (SSSR count). The number of rotatable bonds is 2. The number of fused-ring (bicyclic) bond motifs is 16. The van der Waals surface area contributed by atoms with Gasteiger partial charge in [0.25, 0.3) is 6.71 Å². The monoisotopic (exact) mass is 802 g/mol. The highest BCUT2D eigenvalue weighted by Crippen LogP contribution is 2.50. The Morgan fingerprint density at radius 1 is 0.435 bits per heavy atom. The predicted molar refractivity (Wildman–Crippen MR) is 257 cm³/mol. The van der Waals surface area contributed by atoms with Crippen LogP contribution in [-0.2, 0) is 10.8 Å². The summed E-state index contributed by atoms with van der Waals surface area (Å²) in [6, 6.07) is 54.8. The maximum atomic E-state index is 7.13. The van der Waals surface area contributed by atoms with Crippen LogP contribution in [0.15, 0.2) is 156 Å². The zero-order valence-corrected chi connectivity index (χ0v) is 35.6. The zero-order valence-electron chi connectivity index (χ0n) is 35.6. The summed E-state index contributed by atoms with van der Waals surface area (Å²) in [5.41, 5.74) is 14.0. The number of para-hydroxylation sites is 4. The highest BCUT2D eigenvalue weighted by Gasteiger charge is 2.42. The normalized spacial score (nSPS) is 13.5. The van der Waals surface area contributed by atoms with Crippen LogP contribution in [0.1, 0.15) is 52.7 Å². The highest BCUT2D eigenvalue weighted by atomic mass is 16.5. The summed E-state index contributed by atoms with van der Waals surface area (Å²) in [6.07, 6.45) is 0. The van der Waals surface area contributed by atoms with E-state index < -0.39 is 0 Å². The molecule has 0 N–H and O–H groups in total. The average molecular weight is 803 g/mol. The molecule has 0 bridgehead atoms. The van der Waals surface area contributed by atoms with E-state index in [0.29, 0.717) is 0 Å². The van der Waals surface area contributed by atoms with Gasteiger partial charge >= 0.3 is 0 Å². The Kier molecular flexibility index (Phi) is 7.02. The number of hydrogen-bond donors (Lipinski definition) is 0. The number of nitrogens with zero attached hydrogens (tertiary/aromatic N) is 2. The summed E-state index contributed by atoms with van der Waals surface area (Å²) in [5, 5.41) is 6.75. The lowest BCUT2D eigenvalue weighted by Gasteiger charge is -2.35. The van der Waals surface area contributed by atoms with Crippen molar-refractivity contribution in [2.75, 3.05) is 0 Å². The van der Waals surface area contributed by atoms with Crippen molar-refractivity contribution in [1.29, 1.82) is 0 Å². The molecule has 2 aliphatic rings. The van der Waals surface area contributed by atoms with E-state index in [1.807, 2.05) is 0 Å². The molecule has 0 saturated carbocycles. The zero-order chi connectivity index (χ0) is 41.8. The van der Waals surface area contributed by atoms with Crippen molar-refractivity contribution in [3.63, 3.8) is 0 Å². The molecule has 2 aliphatic heterocycles. The highest BCUT2D eigenvalue weighted by molar-refractivity contribution is 6.98. The fourth-order valence-corrected chi connectivity index (χ4v) is 10.5. The van der Waals surface area contributed by atoms with Gasteiger partial charge in [-0.1, -0.05) is 139 Å². The molecule has 0 atom stereocenters. The smallest absolute Gasteiger partial charge is 0.260 e. The van der Waals surface area contributed by atoms with Crippen LogP contribution in [0.5, 0.6) is 23.0 Å². The standard InChI is InChI=1S/C56H43BN2O3/c1-55(2,3)32-24-26-39-44(28-32)60-46-30-35(31-47-51(46)57(39)40-27-25-33(56(4,5)6)29-45(40)61-47)59-41-21-13-10-18-36(41)48-52-49(54-50(53(48)59)38-20-12-15-23-43(38)62-54)37-19-11-14-22-42(37)58(52)34-16-8-7-9-17-34/h7-31H,1-6H3. The van der Waals surface area contributed by atoms with Gasteiger partial charge in [0.15, 0.2) is 0 Å². The summed E-state index contributed by atoms with van der Waals surface area (Å²) in [4.78, 5) is 0. The minimum absolute atomic E-state index is 0.0455. The fourth-order valence-electron chi connectivity index (χ4n) is 10.5. The van der Waals surface area contributed by atoms with Crippen LogP contribution < -0.4 is 25.9 Å². The Morgan fingerprint density at radius 3 is 1.50 bits per heavy atom. The van der Waals surface area contributed by atoms with Crippen LogP contribution in [0, 0.1) is 0 Å². The van der Waals surface area contributed by atoms with Crippen molar-refractivity contribution < 1.29 is 13.9 Å². The summed E-state index contributed by atoms with van der Waals surface area (Å²) in [6.45, 7) is 13.5. The first-order chi connectivity index (χ1) is 30.0. The molecule has 0 radical (unpaired) electrons. The molecule has 62 heavy (non-hydrogen) atoms. The molecular formula is C56H43BN2O3. The number of ether oxygens (including phenoxy) is 2. The van der Waals surface area contributed by atoms with Crippen molar-refractivity contribution in [3.05, 3.63) is 163 Å². The Morgan fingerprint density at radius 2 is 0.919 bits per heavy atom. The van der Waals surface area contributed by atoms with Crippen molar-refractivity contribution in [2.24, 2.45) is 0 Å². The van der Waals surface area contributed by atoms with Gasteiger partial charge in [0.2, 0.25) is 0 Å². The van der Waals surface area contributed by atoms with E-state index in [0.717, 1.165) is 111 Å². The predicted octanol–water partition coefficient (Wildman–Crippen LogP) is 13.1. The Bertz CT molecular complexity index is 3640. The molecule has 0 aliphatic carbocycles. The minimum Gasteiger partial charge on any atom is -0.458 e. The largest absolute Gasteiger partial charge is 0.458 e. The maximum absolute atomic E-state index is 7.13. The quantitative estimate of drug-likeness (QED) is 0.164. The van der Waals surface area contributed by atoms with Gasteiger partial charge < -0.3 is 23.0 Å². The third-order valence-corrected chi connectivity index (χ3v) is 13.5. The second-order valence-corrected chi connectivity index (χ2v) is 19.3. The lowest BCUT2D eigenvalue weighted by atomic mass is 9.34. The van der Waals surface area contributed by atoms with Gasteiger partial charge in [0, 0.05) is 44.8 Å². The van der Waals surface area contributed by atoms with Gasteiger partial charge in [-0.2, -0.15) is 0 Å². The van der Waals surface area contributed by atoms with E-state index >= 15 is 0 Å². The van der Waals surface area contributed by atoms with Gasteiger partial charge in [0.05, 0.1) is 38.5 Å². The third-order valence-electron chi connectivity index (χ3n) is 13.5. The second kappa shape index (κ2) is 12.2. The van der Waals surface area contributed by atoms with Gasteiger partial charge in [-0.3, -0.25) is 0 Å². The number of benzene rings is 8. The number of aromatic nitrogens is 2. The Labute approximate surface area is 359 Å². The van der Waals surface area contributed by atoms with Gasteiger partial charge in [-0.25, -0.2) is 0 Å². The van der Waals surface area contributed by atoms with Crippen molar-refractivity contribution in [1.82, 2.24) is 9.13 Å². The molecule has 0 amide bonds. The van der Waals surface area contributed by atoms with Crippen LogP contribution in [-0.4, -0.2) is 15.8 Å². The third kappa shape index (κ3) is 4.81. The SMILES string of the molecule is CC(C)(C)c1ccc2c(c1)Oc1cc(-n3c4ccccc4c4c5c(c6ccccc6n5-c5ccccc5)c5oc6ccccc6c5c43)cc3c1B2c1ccc(C(C)(C)C)cc1O3. The van der Waals surface area contributed by atoms with E-state index in [2.05, 4.69) is 202 Å². The van der Waals surface area contributed by atoms with Gasteiger partial charge in [-0.15, -0.1) is 0 Å². The summed E-state index contributed by atoms with van der Waals surface area (Å²) in [5.74, 6) is 3.41. The number of hydrogen-bond acceptors (Lipinski definition) is 3. The fraction of sp³-hybridized carbons (Fsp3) is 0.143. The molecule has 3 aromatic heterocycles. The van der Waals surface area contributed by atoms with Gasteiger partial charge in [-0.05, 0) is 75.3 Å². The maximum Gasteiger partial charge on any atom is 0.260 e. The first-order valence-electron chi connectivity index (χ1n) is 21.7. The molecule has 0 unspecified atom stereocenters. The molecule has 0 saturated heterocycles. The molecule has 5 heterocycles. The lowest BCUT2D eigenvalue weighted by Crippen LogP contribution is -2.57.